The molecule has 8 heteroatoms. The first-order valence-corrected chi connectivity index (χ1v) is 7.28. The summed E-state index contributed by atoms with van der Waals surface area (Å²) in [6.07, 6.45) is 0. The zero-order chi connectivity index (χ0) is 12.5. The molecule has 1 aliphatic rings. The largest absolute Gasteiger partial charge is 0.338 e. The highest BCUT2D eigenvalue weighted by Gasteiger charge is 2.28. The highest BCUT2D eigenvalue weighted by atomic mass is 32.2. The van der Waals surface area contributed by atoms with Gasteiger partial charge >= 0.3 is 0 Å². The number of nitrogens with two attached hydrogens (primary N) is 1. The van der Waals surface area contributed by atoms with Crippen molar-refractivity contribution in [3.8, 4) is 0 Å². The molecule has 2 N–H and O–H groups in total. The molecule has 1 unspecified atom stereocenters. The highest BCUT2D eigenvalue weighted by molar-refractivity contribution is 7.91. The summed E-state index contributed by atoms with van der Waals surface area (Å²) in [4.78, 5) is 6.13. The first-order valence-electron chi connectivity index (χ1n) is 5.46. The third-order valence-corrected chi connectivity index (χ3v) is 4.63. The zero-order valence-electron chi connectivity index (χ0n) is 9.66. The number of sulfone groups is 1. The summed E-state index contributed by atoms with van der Waals surface area (Å²) in [7, 11) is -2.88. The minimum atomic E-state index is -2.88. The first-order chi connectivity index (χ1) is 8.00. The van der Waals surface area contributed by atoms with Crippen molar-refractivity contribution < 1.29 is 12.9 Å². The maximum atomic E-state index is 11.4. The van der Waals surface area contributed by atoms with E-state index in [-0.39, 0.29) is 24.1 Å². The van der Waals surface area contributed by atoms with Crippen molar-refractivity contribution >= 4 is 9.84 Å². The molecule has 0 spiro atoms. The summed E-state index contributed by atoms with van der Waals surface area (Å²) < 4.78 is 27.7. The van der Waals surface area contributed by atoms with E-state index < -0.39 is 9.84 Å². The molecule has 1 atom stereocenters. The lowest BCUT2D eigenvalue weighted by atomic mass is 10.3. The van der Waals surface area contributed by atoms with Gasteiger partial charge in [-0.2, -0.15) is 4.98 Å². The zero-order valence-corrected chi connectivity index (χ0v) is 10.5. The maximum Gasteiger partial charge on any atom is 0.240 e. The lowest BCUT2D eigenvalue weighted by Gasteiger charge is -2.31. The van der Waals surface area contributed by atoms with Crippen LogP contribution in [0.3, 0.4) is 0 Å². The molecule has 1 aromatic rings. The van der Waals surface area contributed by atoms with Gasteiger partial charge in [-0.05, 0) is 6.92 Å². The highest BCUT2D eigenvalue weighted by Crippen LogP contribution is 2.13. The number of hydrogen-bond acceptors (Lipinski definition) is 7. The van der Waals surface area contributed by atoms with Gasteiger partial charge in [0.05, 0.1) is 24.6 Å². The van der Waals surface area contributed by atoms with Crippen LogP contribution >= 0.6 is 0 Å². The fourth-order valence-electron chi connectivity index (χ4n) is 1.89. The van der Waals surface area contributed by atoms with Crippen LogP contribution in [0.2, 0.25) is 0 Å². The van der Waals surface area contributed by atoms with Gasteiger partial charge in [-0.1, -0.05) is 5.16 Å². The average Bonchev–Trinajstić information content (AvgIpc) is 2.69. The van der Waals surface area contributed by atoms with E-state index in [0.29, 0.717) is 24.8 Å². The second-order valence-electron chi connectivity index (χ2n) is 4.24. The smallest absolute Gasteiger partial charge is 0.240 e. The Bertz CT molecular complexity index is 484. The molecule has 96 valence electrons. The molecular weight excluding hydrogens is 244 g/mol. The second-order valence-corrected chi connectivity index (χ2v) is 6.47. The molecule has 0 aromatic carbocycles. The van der Waals surface area contributed by atoms with Crippen molar-refractivity contribution in [1.29, 1.82) is 0 Å². The molecule has 2 rings (SSSR count). The van der Waals surface area contributed by atoms with Crippen molar-refractivity contribution in [2.45, 2.75) is 26.1 Å². The summed E-state index contributed by atoms with van der Waals surface area (Å²) in [5.41, 5.74) is 5.37. The van der Waals surface area contributed by atoms with Crippen LogP contribution in [0.25, 0.3) is 0 Å². The van der Waals surface area contributed by atoms with Gasteiger partial charge in [-0.15, -0.1) is 0 Å². The second kappa shape index (κ2) is 4.71. The van der Waals surface area contributed by atoms with Crippen LogP contribution in [-0.4, -0.2) is 47.6 Å². The van der Waals surface area contributed by atoms with Gasteiger partial charge in [0.15, 0.2) is 15.7 Å². The molecule has 7 nitrogen and oxygen atoms in total. The Morgan fingerprint density at radius 2 is 2.35 bits per heavy atom. The van der Waals surface area contributed by atoms with Crippen LogP contribution in [0.5, 0.6) is 0 Å². The number of aromatic nitrogens is 2. The first kappa shape index (κ1) is 12.5. The lowest BCUT2D eigenvalue weighted by molar-refractivity contribution is 0.210. The molecule has 2 heterocycles. The fourth-order valence-corrected chi connectivity index (χ4v) is 3.51. The van der Waals surface area contributed by atoms with Gasteiger partial charge in [-0.3, -0.25) is 4.90 Å². The van der Waals surface area contributed by atoms with Crippen molar-refractivity contribution in [1.82, 2.24) is 15.0 Å². The summed E-state index contributed by atoms with van der Waals surface area (Å²) in [5, 5.41) is 3.79. The summed E-state index contributed by atoms with van der Waals surface area (Å²) >= 11 is 0. The predicted octanol–water partition coefficient (Wildman–Crippen LogP) is -0.853. The van der Waals surface area contributed by atoms with Crippen molar-refractivity contribution in [2.75, 3.05) is 18.1 Å². The van der Waals surface area contributed by atoms with Crippen molar-refractivity contribution in [3.05, 3.63) is 11.7 Å². The van der Waals surface area contributed by atoms with E-state index in [1.54, 1.807) is 0 Å². The summed E-state index contributed by atoms with van der Waals surface area (Å²) in [5.74, 6) is 1.34. The number of hydrogen-bond donors (Lipinski definition) is 1. The van der Waals surface area contributed by atoms with Crippen molar-refractivity contribution in [3.63, 3.8) is 0 Å². The topological polar surface area (TPSA) is 102 Å². The molecule has 17 heavy (non-hydrogen) atoms. The number of nitrogens with zero attached hydrogens (tertiary/aromatic N) is 3. The fraction of sp³-hybridized carbons (Fsp3) is 0.778. The van der Waals surface area contributed by atoms with Gasteiger partial charge in [0.25, 0.3) is 0 Å². The Kier molecular flexibility index (Phi) is 3.45. The van der Waals surface area contributed by atoms with E-state index in [0.717, 1.165) is 0 Å². The standard InChI is InChI=1S/C9H16N4O3S/c1-7-6-17(14,15)3-2-13(7)5-8-11-9(4-10)16-12-8/h7H,2-6,10H2,1H3. The van der Waals surface area contributed by atoms with Gasteiger partial charge in [-0.25, -0.2) is 8.42 Å². The molecule has 1 aliphatic heterocycles. The number of rotatable bonds is 3. The monoisotopic (exact) mass is 260 g/mol. The Balaban J connectivity index is 2.00. The van der Waals surface area contributed by atoms with E-state index in [4.69, 9.17) is 10.3 Å². The molecule has 1 aromatic heterocycles. The third-order valence-electron chi connectivity index (χ3n) is 2.84. The Hall–Kier alpha value is -0.990. The SMILES string of the molecule is CC1CS(=O)(=O)CCN1Cc1noc(CN)n1. The molecule has 0 amide bonds. The van der Waals surface area contributed by atoms with Crippen LogP contribution in [0.4, 0.5) is 0 Å². The lowest BCUT2D eigenvalue weighted by Crippen LogP contribution is -2.46. The average molecular weight is 260 g/mol. The Morgan fingerprint density at radius 1 is 1.59 bits per heavy atom. The Labute approximate surface area is 99.9 Å². The van der Waals surface area contributed by atoms with E-state index >= 15 is 0 Å². The van der Waals surface area contributed by atoms with Crippen LogP contribution in [0.15, 0.2) is 4.52 Å². The predicted molar refractivity (Wildman–Crippen MR) is 60.7 cm³/mol. The van der Waals surface area contributed by atoms with Crippen LogP contribution in [0.1, 0.15) is 18.6 Å². The van der Waals surface area contributed by atoms with Crippen LogP contribution < -0.4 is 5.73 Å². The summed E-state index contributed by atoms with van der Waals surface area (Å²) in [6, 6.07) is -0.0198. The van der Waals surface area contributed by atoms with Crippen molar-refractivity contribution in [2.24, 2.45) is 5.73 Å². The molecule has 0 radical (unpaired) electrons. The third kappa shape index (κ3) is 3.02. The molecule has 0 aliphatic carbocycles. The molecule has 1 fully saturated rings. The molecule has 1 saturated heterocycles. The van der Waals surface area contributed by atoms with Gasteiger partial charge in [0, 0.05) is 12.6 Å². The van der Waals surface area contributed by atoms with E-state index in [1.807, 2.05) is 11.8 Å². The maximum absolute atomic E-state index is 11.4. The quantitative estimate of drug-likeness (QED) is 0.754. The van der Waals surface area contributed by atoms with Gasteiger partial charge in [0.1, 0.15) is 0 Å². The van der Waals surface area contributed by atoms with Crippen LogP contribution in [-0.2, 0) is 22.9 Å². The van der Waals surface area contributed by atoms with E-state index in [9.17, 15) is 8.42 Å². The Morgan fingerprint density at radius 3 is 2.94 bits per heavy atom. The molecule has 0 bridgehead atoms. The minimum Gasteiger partial charge on any atom is -0.338 e. The van der Waals surface area contributed by atoms with Gasteiger partial charge < -0.3 is 10.3 Å². The molecular formula is C9H16N4O3S. The van der Waals surface area contributed by atoms with E-state index in [1.165, 1.54) is 0 Å². The molecule has 0 saturated carbocycles. The van der Waals surface area contributed by atoms with E-state index in [2.05, 4.69) is 10.1 Å². The van der Waals surface area contributed by atoms with Crippen LogP contribution in [0, 0.1) is 0 Å². The minimum absolute atomic E-state index is 0.0198. The normalized spacial score (nSPS) is 24.9. The van der Waals surface area contributed by atoms with Gasteiger partial charge in [0.2, 0.25) is 5.89 Å². The summed E-state index contributed by atoms with van der Waals surface area (Å²) in [6.45, 7) is 3.12.